The van der Waals surface area contributed by atoms with E-state index in [0.29, 0.717) is 12.8 Å². The molecule has 2 N–H and O–H groups in total. The zero-order chi connectivity index (χ0) is 17.4. The second-order valence-electron chi connectivity index (χ2n) is 7.01. The number of carbonyl (C=O) groups is 2. The normalized spacial score (nSPS) is 24.2. The summed E-state index contributed by atoms with van der Waals surface area (Å²) >= 11 is 0. The van der Waals surface area contributed by atoms with Crippen molar-refractivity contribution in [2.24, 2.45) is 11.8 Å². The molecule has 0 heterocycles. The van der Waals surface area contributed by atoms with Crippen molar-refractivity contribution in [2.75, 3.05) is 0 Å². The fourth-order valence-electron chi connectivity index (χ4n) is 3.95. The van der Waals surface area contributed by atoms with Gasteiger partial charge in [0.15, 0.2) is 0 Å². The van der Waals surface area contributed by atoms with Crippen LogP contribution in [0.3, 0.4) is 0 Å². The predicted octanol–water partition coefficient (Wildman–Crippen LogP) is 3.57. The standard InChI is InChI=1S/C21H21NO3/c23-20(16-9-10-17(16)21(24)25)22-19-11-8-14-6-7-15(12-18(14)19)13-4-2-1-3-5-13/h1-7,12,16-17,19H,8-11H2,(H,22,23)(H,24,25). The van der Waals surface area contributed by atoms with Crippen LogP contribution < -0.4 is 5.32 Å². The monoisotopic (exact) mass is 335 g/mol. The van der Waals surface area contributed by atoms with Crippen molar-refractivity contribution in [1.82, 2.24) is 5.32 Å². The van der Waals surface area contributed by atoms with Gasteiger partial charge >= 0.3 is 5.97 Å². The van der Waals surface area contributed by atoms with Crippen molar-refractivity contribution < 1.29 is 14.7 Å². The molecule has 0 aliphatic heterocycles. The van der Waals surface area contributed by atoms with E-state index in [1.807, 2.05) is 18.2 Å². The summed E-state index contributed by atoms with van der Waals surface area (Å²) in [4.78, 5) is 23.6. The van der Waals surface area contributed by atoms with E-state index in [2.05, 4.69) is 35.6 Å². The molecule has 0 spiro atoms. The summed E-state index contributed by atoms with van der Waals surface area (Å²) in [6.07, 6.45) is 3.10. The lowest BCUT2D eigenvalue weighted by Crippen LogP contribution is -2.44. The molecule has 4 nitrogen and oxygen atoms in total. The average molecular weight is 335 g/mol. The Bertz CT molecular complexity index is 815. The van der Waals surface area contributed by atoms with Gasteiger partial charge in [0.25, 0.3) is 0 Å². The molecule has 25 heavy (non-hydrogen) atoms. The van der Waals surface area contributed by atoms with Crippen molar-refractivity contribution in [3.8, 4) is 11.1 Å². The van der Waals surface area contributed by atoms with Crippen LogP contribution in [0.15, 0.2) is 48.5 Å². The van der Waals surface area contributed by atoms with Crippen molar-refractivity contribution in [2.45, 2.75) is 31.7 Å². The molecule has 0 saturated heterocycles. The smallest absolute Gasteiger partial charge is 0.307 e. The van der Waals surface area contributed by atoms with E-state index in [1.54, 1.807) is 0 Å². The Kier molecular flexibility index (Phi) is 4.04. The van der Waals surface area contributed by atoms with Crippen LogP contribution in [-0.4, -0.2) is 17.0 Å². The minimum atomic E-state index is -0.857. The van der Waals surface area contributed by atoms with Crippen LogP contribution in [-0.2, 0) is 16.0 Å². The second-order valence-corrected chi connectivity index (χ2v) is 7.01. The number of hydrogen-bond donors (Lipinski definition) is 2. The SMILES string of the molecule is O=C(O)C1CCC1C(=O)NC1CCc2ccc(-c3ccccc3)cc21. The highest BCUT2D eigenvalue weighted by atomic mass is 16.4. The Morgan fingerprint density at radius 2 is 1.68 bits per heavy atom. The molecular formula is C21H21NO3. The molecule has 2 aliphatic rings. The number of fused-ring (bicyclic) bond motifs is 1. The highest BCUT2D eigenvalue weighted by Crippen LogP contribution is 2.38. The largest absolute Gasteiger partial charge is 0.481 e. The Hall–Kier alpha value is -2.62. The van der Waals surface area contributed by atoms with Gasteiger partial charge in [-0.1, -0.05) is 42.5 Å². The van der Waals surface area contributed by atoms with Gasteiger partial charge in [0, 0.05) is 0 Å². The summed E-state index contributed by atoms with van der Waals surface area (Å²) < 4.78 is 0. The van der Waals surface area contributed by atoms with Crippen molar-refractivity contribution >= 4 is 11.9 Å². The maximum absolute atomic E-state index is 12.5. The van der Waals surface area contributed by atoms with E-state index in [-0.39, 0.29) is 17.9 Å². The molecule has 128 valence electrons. The molecule has 4 heteroatoms. The van der Waals surface area contributed by atoms with E-state index in [4.69, 9.17) is 5.11 Å². The van der Waals surface area contributed by atoms with Crippen molar-refractivity contribution in [1.29, 1.82) is 0 Å². The lowest BCUT2D eigenvalue weighted by molar-refractivity contribution is -0.153. The van der Waals surface area contributed by atoms with Crippen molar-refractivity contribution in [3.63, 3.8) is 0 Å². The maximum atomic E-state index is 12.5. The molecule has 2 aromatic rings. The van der Waals surface area contributed by atoms with Crippen LogP contribution in [0.5, 0.6) is 0 Å². The number of carboxylic acid groups (broad SMARTS) is 1. The highest BCUT2D eigenvalue weighted by molar-refractivity contribution is 5.86. The lowest BCUT2D eigenvalue weighted by Gasteiger charge is -2.33. The van der Waals surface area contributed by atoms with Gasteiger partial charge < -0.3 is 10.4 Å². The topological polar surface area (TPSA) is 66.4 Å². The number of carboxylic acids is 1. The van der Waals surface area contributed by atoms with E-state index in [9.17, 15) is 9.59 Å². The van der Waals surface area contributed by atoms with E-state index in [0.717, 1.165) is 24.0 Å². The number of hydrogen-bond acceptors (Lipinski definition) is 2. The molecule has 2 aliphatic carbocycles. The van der Waals surface area contributed by atoms with Gasteiger partial charge in [-0.3, -0.25) is 9.59 Å². The van der Waals surface area contributed by atoms with E-state index in [1.165, 1.54) is 11.1 Å². The van der Waals surface area contributed by atoms with Crippen LogP contribution in [0, 0.1) is 11.8 Å². The zero-order valence-corrected chi connectivity index (χ0v) is 13.9. The van der Waals surface area contributed by atoms with E-state index < -0.39 is 11.9 Å². The Morgan fingerprint density at radius 1 is 0.920 bits per heavy atom. The molecule has 1 amide bonds. The number of aryl methyl sites for hydroxylation is 1. The maximum Gasteiger partial charge on any atom is 0.307 e. The quantitative estimate of drug-likeness (QED) is 0.898. The van der Waals surface area contributed by atoms with Crippen LogP contribution >= 0.6 is 0 Å². The molecule has 2 aromatic carbocycles. The molecule has 0 aromatic heterocycles. The predicted molar refractivity (Wildman–Crippen MR) is 94.9 cm³/mol. The molecule has 1 fully saturated rings. The van der Waals surface area contributed by atoms with Crippen LogP contribution in [0.2, 0.25) is 0 Å². The van der Waals surface area contributed by atoms with Gasteiger partial charge in [-0.05, 0) is 54.0 Å². The van der Waals surface area contributed by atoms with Crippen molar-refractivity contribution in [3.05, 3.63) is 59.7 Å². The summed E-state index contributed by atoms with van der Waals surface area (Å²) in [7, 11) is 0. The second kappa shape index (κ2) is 6.36. The number of rotatable bonds is 4. The number of nitrogens with one attached hydrogen (secondary N) is 1. The first kappa shape index (κ1) is 15.9. The van der Waals surface area contributed by atoms with Crippen LogP contribution in [0.4, 0.5) is 0 Å². The third kappa shape index (κ3) is 2.93. The Labute approximate surface area is 146 Å². The third-order valence-electron chi connectivity index (χ3n) is 5.58. The van der Waals surface area contributed by atoms with Gasteiger partial charge in [-0.15, -0.1) is 0 Å². The van der Waals surface area contributed by atoms with Gasteiger partial charge in [-0.2, -0.15) is 0 Å². The Balaban J connectivity index is 1.53. The van der Waals surface area contributed by atoms with Crippen LogP contribution in [0.25, 0.3) is 11.1 Å². The molecule has 0 radical (unpaired) electrons. The first-order valence-electron chi connectivity index (χ1n) is 8.85. The van der Waals surface area contributed by atoms with Gasteiger partial charge in [0.05, 0.1) is 17.9 Å². The first-order chi connectivity index (χ1) is 12.1. The van der Waals surface area contributed by atoms with E-state index >= 15 is 0 Å². The Morgan fingerprint density at radius 3 is 2.36 bits per heavy atom. The summed E-state index contributed by atoms with van der Waals surface area (Å²) in [5.41, 5.74) is 4.74. The molecule has 0 bridgehead atoms. The average Bonchev–Trinajstić information content (AvgIpc) is 2.96. The number of carbonyl (C=O) groups excluding carboxylic acids is 1. The number of benzene rings is 2. The first-order valence-corrected chi connectivity index (χ1v) is 8.85. The molecule has 3 atom stereocenters. The van der Waals surface area contributed by atoms with Gasteiger partial charge in [-0.25, -0.2) is 0 Å². The van der Waals surface area contributed by atoms with Gasteiger partial charge in [0.1, 0.15) is 0 Å². The minimum Gasteiger partial charge on any atom is -0.481 e. The molecule has 1 saturated carbocycles. The van der Waals surface area contributed by atoms with Gasteiger partial charge in [0.2, 0.25) is 5.91 Å². The fraction of sp³-hybridized carbons (Fsp3) is 0.333. The molecule has 4 rings (SSSR count). The molecule has 3 unspecified atom stereocenters. The number of amides is 1. The summed E-state index contributed by atoms with van der Waals surface area (Å²) in [5.74, 6) is -1.86. The minimum absolute atomic E-state index is 0.0128. The van der Waals surface area contributed by atoms with Crippen LogP contribution in [0.1, 0.15) is 36.4 Å². The highest BCUT2D eigenvalue weighted by Gasteiger charge is 2.42. The zero-order valence-electron chi connectivity index (χ0n) is 13.9. The fourth-order valence-corrected chi connectivity index (χ4v) is 3.95. The third-order valence-corrected chi connectivity index (χ3v) is 5.58. The summed E-state index contributed by atoms with van der Waals surface area (Å²) in [6.45, 7) is 0. The summed E-state index contributed by atoms with van der Waals surface area (Å²) in [6, 6.07) is 16.6. The number of aliphatic carboxylic acids is 1. The molecular weight excluding hydrogens is 314 g/mol. The lowest BCUT2D eigenvalue weighted by atomic mass is 9.73. The summed E-state index contributed by atoms with van der Waals surface area (Å²) in [5, 5.41) is 12.3.